The molecule has 0 saturated carbocycles. The number of rotatable bonds is 7. The lowest BCUT2D eigenvalue weighted by molar-refractivity contribution is 0.535. The van der Waals surface area contributed by atoms with Crippen LogP contribution in [0.15, 0.2) is 77.7 Å². The number of halogens is 1. The quantitative estimate of drug-likeness (QED) is 0.165. The van der Waals surface area contributed by atoms with Crippen LogP contribution in [0.25, 0.3) is 10.2 Å². The maximum Gasteiger partial charge on any atom is 0.338 e. The fourth-order valence-corrected chi connectivity index (χ4v) is 8.88. The first kappa shape index (κ1) is 24.9. The van der Waals surface area contributed by atoms with Crippen molar-refractivity contribution in [2.75, 3.05) is 4.81 Å². The number of para-hydroxylation sites is 2. The summed E-state index contributed by atoms with van der Waals surface area (Å²) in [5.74, 6) is 1.31. The van der Waals surface area contributed by atoms with E-state index >= 15 is 0 Å². The Balaban J connectivity index is 1.54. The van der Waals surface area contributed by atoms with Crippen LogP contribution < -0.4 is 4.81 Å². The second kappa shape index (κ2) is 10.7. The Hall–Kier alpha value is -1.76. The molecular formula is C29H32BBrN2S2. The summed E-state index contributed by atoms with van der Waals surface area (Å²) in [6.45, 7) is 9.31. The van der Waals surface area contributed by atoms with Gasteiger partial charge in [-0.1, -0.05) is 75.7 Å². The van der Waals surface area contributed by atoms with Crippen LogP contribution in [0.5, 0.6) is 0 Å². The smallest absolute Gasteiger partial charge is 0.338 e. The van der Waals surface area contributed by atoms with E-state index in [9.17, 15) is 0 Å². The molecule has 2 nitrogen and oxygen atoms in total. The average molecular weight is 563 g/mol. The number of hydrogen-bond donors (Lipinski definition) is 0. The second-order valence-corrected chi connectivity index (χ2v) is 12.9. The highest BCUT2D eigenvalue weighted by molar-refractivity contribution is 9.24. The minimum atomic E-state index is 0.231. The van der Waals surface area contributed by atoms with E-state index in [1.54, 1.807) is 0 Å². The summed E-state index contributed by atoms with van der Waals surface area (Å²) in [5.41, 5.74) is 5.51. The first-order valence-electron chi connectivity index (χ1n) is 12.6. The van der Waals surface area contributed by atoms with Crippen molar-refractivity contribution in [3.63, 3.8) is 0 Å². The minimum Gasteiger partial charge on any atom is -0.393 e. The fraction of sp³-hybridized carbons (Fsp3) is 0.345. The highest BCUT2D eigenvalue weighted by Gasteiger charge is 2.44. The van der Waals surface area contributed by atoms with Gasteiger partial charge in [0.1, 0.15) is 0 Å². The van der Waals surface area contributed by atoms with Gasteiger partial charge in [0, 0.05) is 16.5 Å². The first-order valence-corrected chi connectivity index (χ1v) is 15.2. The molecule has 0 spiro atoms. The number of thioether (sulfide) groups is 1. The van der Waals surface area contributed by atoms with Crippen LogP contribution in [0.3, 0.4) is 0 Å². The molecule has 1 aromatic heterocycles. The SMILES string of the molecule is CCC(C)C(Sc1ccccc1C)N1B(Br)C(C(C)c2nc3ccccc3s2)Cc2ccccc21. The van der Waals surface area contributed by atoms with Crippen LogP contribution >= 0.6 is 38.9 Å². The number of hydrogen-bond acceptors (Lipinski definition) is 4. The zero-order valence-electron chi connectivity index (χ0n) is 20.8. The molecule has 0 fully saturated rings. The molecular weight excluding hydrogens is 531 g/mol. The molecule has 1 aliphatic rings. The molecule has 0 bridgehead atoms. The molecule has 3 aromatic carbocycles. The van der Waals surface area contributed by atoms with Gasteiger partial charge in [-0.05, 0) is 60.5 Å². The van der Waals surface area contributed by atoms with Crippen LogP contribution in [0.4, 0.5) is 5.69 Å². The van der Waals surface area contributed by atoms with Crippen LogP contribution in [0, 0.1) is 12.8 Å². The van der Waals surface area contributed by atoms with E-state index in [0.29, 0.717) is 23.0 Å². The number of nitrogens with zero attached hydrogens (tertiary/aromatic N) is 2. The summed E-state index contributed by atoms with van der Waals surface area (Å²) in [7, 11) is 0. The van der Waals surface area contributed by atoms with Gasteiger partial charge in [-0.15, -0.1) is 38.9 Å². The Kier molecular flexibility index (Phi) is 7.62. The molecule has 0 radical (unpaired) electrons. The number of fused-ring (bicyclic) bond motifs is 2. The van der Waals surface area contributed by atoms with Crippen molar-refractivity contribution in [1.82, 2.24) is 4.98 Å². The largest absolute Gasteiger partial charge is 0.393 e. The lowest BCUT2D eigenvalue weighted by Crippen LogP contribution is -2.51. The number of benzene rings is 3. The zero-order chi connectivity index (χ0) is 24.5. The number of thiazole rings is 1. The summed E-state index contributed by atoms with van der Waals surface area (Å²) in [4.78, 5) is 9.10. The van der Waals surface area contributed by atoms with E-state index in [1.807, 2.05) is 23.1 Å². The van der Waals surface area contributed by atoms with E-state index in [2.05, 4.69) is 121 Å². The van der Waals surface area contributed by atoms with Crippen LogP contribution in [0.2, 0.25) is 5.82 Å². The normalized spacial score (nSPS) is 18.4. The minimum absolute atomic E-state index is 0.231. The molecule has 4 unspecified atom stereocenters. The highest BCUT2D eigenvalue weighted by Crippen LogP contribution is 2.49. The molecule has 0 saturated heterocycles. The van der Waals surface area contributed by atoms with Crippen molar-refractivity contribution in [2.24, 2.45) is 5.92 Å². The molecule has 35 heavy (non-hydrogen) atoms. The lowest BCUT2D eigenvalue weighted by atomic mass is 9.60. The van der Waals surface area contributed by atoms with Crippen LogP contribution in [-0.2, 0) is 6.42 Å². The summed E-state index contributed by atoms with van der Waals surface area (Å²) in [5, 5.41) is 1.57. The maximum absolute atomic E-state index is 5.05. The van der Waals surface area contributed by atoms with Crippen molar-refractivity contribution >= 4 is 60.4 Å². The molecule has 4 aromatic rings. The van der Waals surface area contributed by atoms with E-state index in [0.717, 1.165) is 18.4 Å². The zero-order valence-corrected chi connectivity index (χ0v) is 24.0. The average Bonchev–Trinajstić information content (AvgIpc) is 3.32. The summed E-state index contributed by atoms with van der Waals surface area (Å²) in [6.07, 6.45) is 2.20. The molecule has 6 heteroatoms. The Bertz CT molecular complexity index is 1280. The third-order valence-corrected chi connectivity index (χ3v) is 11.4. The molecule has 5 rings (SSSR count). The van der Waals surface area contributed by atoms with E-state index in [1.165, 1.54) is 31.4 Å². The van der Waals surface area contributed by atoms with Gasteiger partial charge in [-0.25, -0.2) is 4.98 Å². The molecule has 0 amide bonds. The lowest BCUT2D eigenvalue weighted by Gasteiger charge is -2.46. The van der Waals surface area contributed by atoms with E-state index in [4.69, 9.17) is 4.98 Å². The third kappa shape index (κ3) is 4.94. The number of aromatic nitrogens is 1. The van der Waals surface area contributed by atoms with Gasteiger partial charge in [0.2, 0.25) is 0 Å². The van der Waals surface area contributed by atoms with Gasteiger partial charge in [0.15, 0.2) is 0 Å². The van der Waals surface area contributed by atoms with Gasteiger partial charge in [0.25, 0.3) is 0 Å². The van der Waals surface area contributed by atoms with Crippen LogP contribution in [0.1, 0.15) is 49.2 Å². The van der Waals surface area contributed by atoms with Crippen LogP contribution in [-0.4, -0.2) is 16.0 Å². The predicted molar refractivity (Wildman–Crippen MR) is 159 cm³/mol. The number of aryl methyl sites for hydroxylation is 1. The van der Waals surface area contributed by atoms with Gasteiger partial charge in [0.05, 0.1) is 20.6 Å². The van der Waals surface area contributed by atoms with Gasteiger partial charge < -0.3 is 4.81 Å². The van der Waals surface area contributed by atoms with E-state index in [-0.39, 0.29) is 5.67 Å². The highest BCUT2D eigenvalue weighted by atomic mass is 79.9. The number of anilines is 1. The van der Waals surface area contributed by atoms with Crippen molar-refractivity contribution in [2.45, 2.75) is 62.5 Å². The van der Waals surface area contributed by atoms with Gasteiger partial charge >= 0.3 is 5.67 Å². The second-order valence-electron chi connectivity index (χ2n) is 9.74. The van der Waals surface area contributed by atoms with Crippen molar-refractivity contribution < 1.29 is 0 Å². The first-order chi connectivity index (χ1) is 17.0. The van der Waals surface area contributed by atoms with Crippen molar-refractivity contribution in [3.8, 4) is 0 Å². The molecule has 1 aliphatic heterocycles. The summed E-state index contributed by atoms with van der Waals surface area (Å²) in [6, 6.07) is 26.3. The summed E-state index contributed by atoms with van der Waals surface area (Å²) < 4.78 is 1.28. The molecule has 0 aliphatic carbocycles. The predicted octanol–water partition coefficient (Wildman–Crippen LogP) is 9.19. The Morgan fingerprint density at radius 2 is 1.77 bits per heavy atom. The third-order valence-electron chi connectivity index (χ3n) is 7.43. The van der Waals surface area contributed by atoms with Gasteiger partial charge in [-0.2, -0.15) is 0 Å². The Morgan fingerprint density at radius 1 is 1.06 bits per heavy atom. The monoisotopic (exact) mass is 562 g/mol. The van der Waals surface area contributed by atoms with Crippen molar-refractivity contribution in [3.05, 3.63) is 88.9 Å². The standard InChI is InChI=1S/C29H32BBrN2S2/c1-5-19(2)29(35-26-16-10-6-12-20(26)3)33-25-15-9-7-13-22(25)18-23(30(33)31)21(4)28-32-24-14-8-11-17-27(24)34-28/h6-17,19,21,23,29H,5,18H2,1-4H3. The van der Waals surface area contributed by atoms with Crippen molar-refractivity contribution in [1.29, 1.82) is 0 Å². The topological polar surface area (TPSA) is 16.1 Å². The Labute approximate surface area is 226 Å². The molecule has 180 valence electrons. The Morgan fingerprint density at radius 3 is 2.54 bits per heavy atom. The fourth-order valence-electron chi connectivity index (χ4n) is 5.05. The molecule has 0 N–H and O–H groups in total. The maximum atomic E-state index is 5.05. The van der Waals surface area contributed by atoms with Gasteiger partial charge in [-0.3, -0.25) is 0 Å². The van der Waals surface area contributed by atoms with E-state index < -0.39 is 0 Å². The molecule has 4 atom stereocenters. The summed E-state index contributed by atoms with van der Waals surface area (Å²) >= 11 is 8.12. The molecule has 2 heterocycles.